The van der Waals surface area contributed by atoms with Crippen LogP contribution in [-0.4, -0.2) is 29.1 Å². The zero-order valence-electron chi connectivity index (χ0n) is 12.3. The highest BCUT2D eigenvalue weighted by Crippen LogP contribution is 2.28. The molecule has 1 unspecified atom stereocenters. The maximum absolute atomic E-state index is 11.0. The number of anilines is 1. The van der Waals surface area contributed by atoms with Gasteiger partial charge in [0.15, 0.2) is 0 Å². The van der Waals surface area contributed by atoms with Crippen molar-refractivity contribution in [2.45, 2.75) is 37.9 Å². The number of benzene rings is 1. The van der Waals surface area contributed by atoms with Crippen molar-refractivity contribution in [3.63, 3.8) is 0 Å². The van der Waals surface area contributed by atoms with E-state index in [0.29, 0.717) is 17.6 Å². The molecule has 0 saturated carbocycles. The predicted molar refractivity (Wildman–Crippen MR) is 87.5 cm³/mol. The third kappa shape index (κ3) is 5.12. The van der Waals surface area contributed by atoms with Gasteiger partial charge < -0.3 is 10.1 Å². The summed E-state index contributed by atoms with van der Waals surface area (Å²) in [5.41, 5.74) is 0.837. The predicted octanol–water partition coefficient (Wildman–Crippen LogP) is 4.08. The second-order valence-electron chi connectivity index (χ2n) is 5.19. The number of nitrogens with one attached hydrogen (secondary N) is 1. The van der Waals surface area contributed by atoms with Gasteiger partial charge in [0, 0.05) is 29.6 Å². The van der Waals surface area contributed by atoms with Crippen LogP contribution in [0.15, 0.2) is 18.2 Å². The van der Waals surface area contributed by atoms with Gasteiger partial charge in [0.2, 0.25) is 0 Å². The Balaban J connectivity index is 2.02. The highest BCUT2D eigenvalue weighted by Gasteiger charge is 2.15. The summed E-state index contributed by atoms with van der Waals surface area (Å²) in [7, 11) is 0. The average Bonchev–Trinajstić information content (AvgIpc) is 2.51. The summed E-state index contributed by atoms with van der Waals surface area (Å²) >= 11 is 1.98. The number of ether oxygens (including phenoxy) is 1. The highest BCUT2D eigenvalue weighted by molar-refractivity contribution is 7.99. The first kappa shape index (κ1) is 15.9. The van der Waals surface area contributed by atoms with E-state index in [-0.39, 0.29) is 10.6 Å². The Bertz CT molecular complexity index is 476. The number of hydrogen-bond donors (Lipinski definition) is 1. The second kappa shape index (κ2) is 8.12. The van der Waals surface area contributed by atoms with E-state index in [1.807, 2.05) is 24.8 Å². The van der Waals surface area contributed by atoms with Gasteiger partial charge in [-0.15, -0.1) is 0 Å². The van der Waals surface area contributed by atoms with E-state index in [4.69, 9.17) is 4.74 Å². The number of hydrogen-bond acceptors (Lipinski definition) is 5. The zero-order valence-corrected chi connectivity index (χ0v) is 13.2. The Labute approximate surface area is 129 Å². The number of nitro groups is 1. The molecule has 0 aromatic heterocycles. The molecule has 1 aliphatic heterocycles. The first-order valence-electron chi connectivity index (χ1n) is 7.47. The Kier molecular flexibility index (Phi) is 6.17. The molecule has 1 aromatic rings. The van der Waals surface area contributed by atoms with Crippen LogP contribution in [0, 0.1) is 10.1 Å². The van der Waals surface area contributed by atoms with Crippen molar-refractivity contribution in [2.75, 3.05) is 24.2 Å². The Morgan fingerprint density at radius 1 is 1.43 bits per heavy atom. The normalized spacial score (nSPS) is 18.2. The quantitative estimate of drug-likeness (QED) is 0.607. The van der Waals surface area contributed by atoms with Gasteiger partial charge in [-0.3, -0.25) is 10.1 Å². The van der Waals surface area contributed by atoms with Gasteiger partial charge in [0.25, 0.3) is 5.69 Å². The van der Waals surface area contributed by atoms with Crippen LogP contribution in [0.3, 0.4) is 0 Å². The minimum absolute atomic E-state index is 0.0717. The molecule has 1 saturated heterocycles. The van der Waals surface area contributed by atoms with Crippen molar-refractivity contribution < 1.29 is 9.66 Å². The number of thioether (sulfide) groups is 1. The van der Waals surface area contributed by atoms with E-state index in [1.54, 1.807) is 6.07 Å². The molecule has 1 aliphatic rings. The molecule has 0 bridgehead atoms. The Morgan fingerprint density at radius 3 is 2.95 bits per heavy atom. The van der Waals surface area contributed by atoms with Crippen LogP contribution in [-0.2, 0) is 0 Å². The summed E-state index contributed by atoms with van der Waals surface area (Å²) in [5.74, 6) is 1.77. The molecule has 116 valence electrons. The van der Waals surface area contributed by atoms with Crippen LogP contribution in [0.5, 0.6) is 5.75 Å². The first-order chi connectivity index (χ1) is 10.2. The maximum atomic E-state index is 11.0. The van der Waals surface area contributed by atoms with E-state index in [0.717, 1.165) is 18.7 Å². The number of rotatable bonds is 7. The Morgan fingerprint density at radius 2 is 2.29 bits per heavy atom. The third-order valence-corrected chi connectivity index (χ3v) is 4.78. The smallest absolute Gasteiger partial charge is 0.275 e. The van der Waals surface area contributed by atoms with Gasteiger partial charge >= 0.3 is 0 Å². The van der Waals surface area contributed by atoms with Crippen molar-refractivity contribution in [3.05, 3.63) is 28.3 Å². The molecule has 0 aliphatic carbocycles. The summed E-state index contributed by atoms with van der Waals surface area (Å²) < 4.78 is 5.53. The third-order valence-electron chi connectivity index (χ3n) is 3.38. The van der Waals surface area contributed by atoms with Gasteiger partial charge in [0.05, 0.1) is 17.6 Å². The van der Waals surface area contributed by atoms with E-state index in [2.05, 4.69) is 5.32 Å². The minimum atomic E-state index is -0.376. The summed E-state index contributed by atoms with van der Waals surface area (Å²) in [5, 5.41) is 14.9. The van der Waals surface area contributed by atoms with E-state index >= 15 is 0 Å². The zero-order chi connectivity index (χ0) is 15.1. The molecule has 1 aromatic carbocycles. The summed E-state index contributed by atoms with van der Waals surface area (Å²) in [6.45, 7) is 3.43. The lowest BCUT2D eigenvalue weighted by atomic mass is 10.2. The highest BCUT2D eigenvalue weighted by atomic mass is 32.2. The molecule has 0 amide bonds. The molecule has 6 heteroatoms. The molecule has 1 atom stereocenters. The fraction of sp³-hybridized carbons (Fsp3) is 0.600. The molecule has 2 rings (SSSR count). The molecule has 1 fully saturated rings. The molecule has 0 radical (unpaired) electrons. The SMILES string of the molecule is CCCOc1cc(NCC2CCCCS2)cc([N+](=O)[O-])c1. The van der Waals surface area contributed by atoms with Crippen molar-refractivity contribution in [2.24, 2.45) is 0 Å². The van der Waals surface area contributed by atoms with E-state index in [1.165, 1.54) is 31.1 Å². The van der Waals surface area contributed by atoms with Crippen LogP contribution in [0.25, 0.3) is 0 Å². The van der Waals surface area contributed by atoms with Crippen molar-refractivity contribution in [3.8, 4) is 5.75 Å². The monoisotopic (exact) mass is 310 g/mol. The van der Waals surface area contributed by atoms with Crippen LogP contribution >= 0.6 is 11.8 Å². The molecule has 21 heavy (non-hydrogen) atoms. The molecule has 1 heterocycles. The lowest BCUT2D eigenvalue weighted by Crippen LogP contribution is -2.20. The number of non-ortho nitro benzene ring substituents is 1. The Hall–Kier alpha value is -1.43. The van der Waals surface area contributed by atoms with Crippen molar-refractivity contribution in [1.82, 2.24) is 0 Å². The van der Waals surface area contributed by atoms with Gasteiger partial charge in [-0.1, -0.05) is 13.3 Å². The fourth-order valence-corrected chi connectivity index (χ4v) is 3.53. The maximum Gasteiger partial charge on any atom is 0.275 e. The minimum Gasteiger partial charge on any atom is -0.493 e. The van der Waals surface area contributed by atoms with Crippen molar-refractivity contribution >= 4 is 23.1 Å². The second-order valence-corrected chi connectivity index (χ2v) is 6.60. The number of nitro benzene ring substituents is 1. The van der Waals surface area contributed by atoms with E-state index in [9.17, 15) is 10.1 Å². The first-order valence-corrected chi connectivity index (χ1v) is 8.51. The topological polar surface area (TPSA) is 64.4 Å². The lowest BCUT2D eigenvalue weighted by molar-refractivity contribution is -0.384. The van der Waals surface area contributed by atoms with Gasteiger partial charge in [-0.2, -0.15) is 11.8 Å². The van der Waals surface area contributed by atoms with Crippen LogP contribution in [0.4, 0.5) is 11.4 Å². The van der Waals surface area contributed by atoms with Gasteiger partial charge in [-0.05, 0) is 25.0 Å². The molecule has 0 spiro atoms. The van der Waals surface area contributed by atoms with E-state index < -0.39 is 0 Å². The summed E-state index contributed by atoms with van der Waals surface area (Å²) in [6.07, 6.45) is 4.67. The largest absolute Gasteiger partial charge is 0.493 e. The molecular weight excluding hydrogens is 288 g/mol. The van der Waals surface area contributed by atoms with Crippen molar-refractivity contribution in [1.29, 1.82) is 0 Å². The molecule has 5 nitrogen and oxygen atoms in total. The summed E-state index contributed by atoms with van der Waals surface area (Å²) in [6, 6.07) is 4.90. The fourth-order valence-electron chi connectivity index (χ4n) is 2.29. The van der Waals surface area contributed by atoms with Crippen LogP contribution in [0.1, 0.15) is 32.6 Å². The summed E-state index contributed by atoms with van der Waals surface area (Å²) in [4.78, 5) is 10.6. The molecular formula is C15H22N2O3S. The standard InChI is InChI=1S/C15H22N2O3S/c1-2-6-20-14-9-12(8-13(10-14)17(18)19)16-11-15-5-3-4-7-21-15/h8-10,15-16H,2-7,11H2,1H3. The molecule has 1 N–H and O–H groups in total. The van der Waals surface area contributed by atoms with Gasteiger partial charge in [-0.25, -0.2) is 0 Å². The number of nitrogens with zero attached hydrogens (tertiary/aromatic N) is 1. The van der Waals surface area contributed by atoms with Crippen LogP contribution < -0.4 is 10.1 Å². The van der Waals surface area contributed by atoms with Gasteiger partial charge in [0.1, 0.15) is 5.75 Å². The lowest BCUT2D eigenvalue weighted by Gasteiger charge is -2.22. The van der Waals surface area contributed by atoms with Crippen LogP contribution in [0.2, 0.25) is 0 Å². The average molecular weight is 310 g/mol.